The van der Waals surface area contributed by atoms with Gasteiger partial charge in [0.05, 0.1) is 17.3 Å². The number of nitrogens with one attached hydrogen (secondary N) is 3. The van der Waals surface area contributed by atoms with Crippen molar-refractivity contribution in [2.75, 3.05) is 5.32 Å². The Labute approximate surface area is 210 Å². The molecule has 10 heteroatoms. The Bertz CT molecular complexity index is 1200. The van der Waals surface area contributed by atoms with E-state index in [9.17, 15) is 14.4 Å². The predicted molar refractivity (Wildman–Crippen MR) is 136 cm³/mol. The Morgan fingerprint density at radius 3 is 2.56 bits per heavy atom. The molecule has 1 aliphatic rings. The van der Waals surface area contributed by atoms with Gasteiger partial charge in [0.25, 0.3) is 6.01 Å². The number of carbonyl (C=O) groups excluding carboxylic acids is 2. The van der Waals surface area contributed by atoms with Gasteiger partial charge in [0, 0.05) is 24.4 Å². The largest absolute Gasteiger partial charge is 0.444 e. The fourth-order valence-corrected chi connectivity index (χ4v) is 3.87. The molecule has 1 aliphatic carbocycles. The Kier molecular flexibility index (Phi) is 7.56. The number of hydrogen-bond donors (Lipinski definition) is 3. The first-order valence-corrected chi connectivity index (χ1v) is 11.9. The van der Waals surface area contributed by atoms with Gasteiger partial charge in [-0.05, 0) is 51.8 Å². The summed E-state index contributed by atoms with van der Waals surface area (Å²) in [4.78, 5) is 46.9. The third kappa shape index (κ3) is 6.10. The van der Waals surface area contributed by atoms with Crippen LogP contribution in [0.1, 0.15) is 71.7 Å². The number of amides is 2. The first kappa shape index (κ1) is 26.9. The number of pyridine rings is 1. The predicted octanol–water partition coefficient (Wildman–Crippen LogP) is 3.52. The molecule has 194 valence electrons. The van der Waals surface area contributed by atoms with Gasteiger partial charge in [-0.1, -0.05) is 32.9 Å². The number of aromatic nitrogens is 2. The summed E-state index contributed by atoms with van der Waals surface area (Å²) in [6.45, 7) is 12.9. The van der Waals surface area contributed by atoms with Crippen LogP contribution in [0.5, 0.6) is 0 Å². The third-order valence-corrected chi connectivity index (χ3v) is 6.18. The van der Waals surface area contributed by atoms with Crippen molar-refractivity contribution in [1.82, 2.24) is 20.6 Å². The molecule has 3 rings (SSSR count). The molecule has 0 aliphatic heterocycles. The van der Waals surface area contributed by atoms with Gasteiger partial charge in [0.15, 0.2) is 0 Å². The maximum Gasteiger partial charge on any atom is 0.408 e. The molecule has 2 heterocycles. The maximum absolute atomic E-state index is 13.1. The lowest BCUT2D eigenvalue weighted by Crippen LogP contribution is -2.51. The summed E-state index contributed by atoms with van der Waals surface area (Å²) in [5.74, 6) is -0.270. The molecule has 0 radical (unpaired) electrons. The highest BCUT2D eigenvalue weighted by Gasteiger charge is 2.40. The first-order valence-electron chi connectivity index (χ1n) is 11.9. The minimum absolute atomic E-state index is 0.0568. The minimum Gasteiger partial charge on any atom is -0.444 e. The molecule has 0 saturated carbocycles. The fourth-order valence-electron chi connectivity index (χ4n) is 3.87. The molecular formula is C26H35N5O5. The summed E-state index contributed by atoms with van der Waals surface area (Å²) in [7, 11) is 0. The Hall–Kier alpha value is -3.69. The van der Waals surface area contributed by atoms with E-state index >= 15 is 0 Å². The van der Waals surface area contributed by atoms with E-state index in [4.69, 9.17) is 9.15 Å². The zero-order chi connectivity index (χ0) is 26.7. The van der Waals surface area contributed by atoms with Gasteiger partial charge in [0.2, 0.25) is 5.91 Å². The van der Waals surface area contributed by atoms with Crippen LogP contribution >= 0.6 is 0 Å². The number of alkyl carbamates (subject to hydrolysis) is 1. The average molecular weight is 498 g/mol. The van der Waals surface area contributed by atoms with Crippen molar-refractivity contribution in [3.63, 3.8) is 0 Å². The molecule has 2 atom stereocenters. The number of ether oxygens (including phenoxy) is 1. The van der Waals surface area contributed by atoms with Crippen molar-refractivity contribution in [2.24, 2.45) is 0 Å². The quantitative estimate of drug-likeness (QED) is 0.529. The molecule has 2 aromatic heterocycles. The van der Waals surface area contributed by atoms with Crippen LogP contribution in [0.25, 0.3) is 6.08 Å². The topological polar surface area (TPSA) is 135 Å². The van der Waals surface area contributed by atoms with Crippen molar-refractivity contribution >= 4 is 24.1 Å². The van der Waals surface area contributed by atoms with E-state index in [0.717, 1.165) is 5.56 Å². The van der Waals surface area contributed by atoms with Gasteiger partial charge < -0.3 is 25.1 Å². The molecule has 0 spiro atoms. The van der Waals surface area contributed by atoms with Crippen LogP contribution in [0.3, 0.4) is 0 Å². The number of nitrogens with zero attached hydrogens (tertiary/aromatic N) is 2. The number of rotatable bonds is 7. The maximum atomic E-state index is 13.1. The van der Waals surface area contributed by atoms with Crippen molar-refractivity contribution in [3.8, 4) is 0 Å². The first-order chi connectivity index (χ1) is 16.7. The summed E-state index contributed by atoms with van der Waals surface area (Å²) in [5, 5.41) is 8.69. The van der Waals surface area contributed by atoms with E-state index in [-0.39, 0.29) is 11.9 Å². The second kappa shape index (κ2) is 10.1. The molecule has 0 bridgehead atoms. The van der Waals surface area contributed by atoms with Gasteiger partial charge >= 0.3 is 11.7 Å². The van der Waals surface area contributed by atoms with Crippen molar-refractivity contribution in [1.29, 1.82) is 0 Å². The van der Waals surface area contributed by atoms with Gasteiger partial charge in [-0.15, -0.1) is 0 Å². The van der Waals surface area contributed by atoms with E-state index in [1.165, 1.54) is 0 Å². The Balaban J connectivity index is 1.79. The molecular weight excluding hydrogens is 462 g/mol. The molecule has 0 fully saturated rings. The van der Waals surface area contributed by atoms with Crippen molar-refractivity contribution in [3.05, 3.63) is 57.8 Å². The average Bonchev–Trinajstić information content (AvgIpc) is 2.78. The standard InChI is InChI=1S/C26H35N5O5/c1-8-26(7,21(33)28-15-16-10-9-13-27-14-16)31-22-29-17-11-12-18(30-23(34)36-24(2,3)4)25(5,6)19(17)20(32)35-22/h9-14,18H,8,15H2,1-7H3,(H,28,33)(H,29,31)(H,30,34). The van der Waals surface area contributed by atoms with E-state index in [2.05, 4.69) is 25.9 Å². The van der Waals surface area contributed by atoms with Gasteiger partial charge in [-0.3, -0.25) is 9.78 Å². The highest BCUT2D eigenvalue weighted by molar-refractivity contribution is 5.88. The molecule has 36 heavy (non-hydrogen) atoms. The molecule has 10 nitrogen and oxygen atoms in total. The van der Waals surface area contributed by atoms with E-state index < -0.39 is 34.3 Å². The van der Waals surface area contributed by atoms with Crippen LogP contribution in [0.4, 0.5) is 10.8 Å². The van der Waals surface area contributed by atoms with Crippen LogP contribution in [-0.2, 0) is 21.5 Å². The lowest BCUT2D eigenvalue weighted by molar-refractivity contribution is -0.125. The van der Waals surface area contributed by atoms with E-state index in [0.29, 0.717) is 24.2 Å². The Morgan fingerprint density at radius 1 is 1.22 bits per heavy atom. The highest BCUT2D eigenvalue weighted by Crippen LogP contribution is 2.33. The molecule has 2 aromatic rings. The smallest absolute Gasteiger partial charge is 0.408 e. The van der Waals surface area contributed by atoms with E-state index in [1.54, 1.807) is 58.3 Å². The van der Waals surface area contributed by atoms with Crippen LogP contribution in [0, 0.1) is 0 Å². The van der Waals surface area contributed by atoms with Crippen molar-refractivity contribution < 1.29 is 18.7 Å². The number of fused-ring (bicyclic) bond motifs is 1. The Morgan fingerprint density at radius 2 is 1.94 bits per heavy atom. The summed E-state index contributed by atoms with van der Waals surface area (Å²) in [6.07, 6.45) is 6.61. The monoisotopic (exact) mass is 497 g/mol. The van der Waals surface area contributed by atoms with Crippen LogP contribution < -0.4 is 21.6 Å². The van der Waals surface area contributed by atoms with Gasteiger partial charge in [-0.2, -0.15) is 4.98 Å². The zero-order valence-corrected chi connectivity index (χ0v) is 21.9. The molecule has 3 N–H and O–H groups in total. The lowest BCUT2D eigenvalue weighted by atomic mass is 9.74. The molecule has 0 saturated heterocycles. The van der Waals surface area contributed by atoms with Crippen LogP contribution in [0.2, 0.25) is 0 Å². The fraction of sp³-hybridized carbons (Fsp3) is 0.500. The van der Waals surface area contributed by atoms with Crippen molar-refractivity contribution in [2.45, 2.75) is 84.0 Å². The van der Waals surface area contributed by atoms with Crippen LogP contribution in [-0.4, -0.2) is 39.2 Å². The third-order valence-electron chi connectivity index (χ3n) is 6.18. The molecule has 2 amide bonds. The summed E-state index contributed by atoms with van der Waals surface area (Å²) >= 11 is 0. The number of carbonyl (C=O) groups is 2. The van der Waals surface area contributed by atoms with Gasteiger partial charge in [0.1, 0.15) is 11.1 Å². The summed E-state index contributed by atoms with van der Waals surface area (Å²) in [6, 6.07) is 3.10. The van der Waals surface area contributed by atoms with Gasteiger partial charge in [-0.25, -0.2) is 9.59 Å². The molecule has 2 unspecified atom stereocenters. The minimum atomic E-state index is -1.08. The second-order valence-electron chi connectivity index (χ2n) is 10.6. The molecule has 0 aromatic carbocycles. The number of hydrogen-bond acceptors (Lipinski definition) is 8. The lowest BCUT2D eigenvalue weighted by Gasteiger charge is -2.36. The van der Waals surface area contributed by atoms with E-state index in [1.807, 2.05) is 26.8 Å². The highest BCUT2D eigenvalue weighted by atomic mass is 16.6. The van der Waals surface area contributed by atoms with Crippen LogP contribution in [0.15, 0.2) is 39.8 Å². The number of anilines is 1. The second-order valence-corrected chi connectivity index (χ2v) is 10.6. The zero-order valence-electron chi connectivity index (χ0n) is 21.9. The normalized spacial score (nSPS) is 17.9. The summed E-state index contributed by atoms with van der Waals surface area (Å²) in [5.41, 5.74) is -1.53. The SMILES string of the molecule is CCC(C)(Nc1nc2c(c(=O)o1)C(C)(C)C(NC(=O)OC(C)(C)C)C=C2)C(=O)NCc1cccnc1. The summed E-state index contributed by atoms with van der Waals surface area (Å²) < 4.78 is 10.9.